The van der Waals surface area contributed by atoms with Crippen molar-refractivity contribution < 1.29 is 31.0 Å². The Morgan fingerprint density at radius 2 is 1.86 bits per heavy atom. The minimum atomic E-state index is -4.50. The molecule has 238 valence electrons. The van der Waals surface area contributed by atoms with E-state index in [1.165, 1.54) is 17.0 Å². The van der Waals surface area contributed by atoms with Crippen molar-refractivity contribution in [2.75, 3.05) is 39.3 Å². The van der Waals surface area contributed by atoms with E-state index >= 15 is 0 Å². The number of unbranched alkanes of at least 4 members (excludes halogenated alkanes) is 1. The number of benzene rings is 2. The summed E-state index contributed by atoms with van der Waals surface area (Å²) in [5, 5.41) is 12.0. The van der Waals surface area contributed by atoms with Gasteiger partial charge in [-0.1, -0.05) is 43.7 Å². The zero-order chi connectivity index (χ0) is 31.6. The van der Waals surface area contributed by atoms with E-state index in [1.54, 1.807) is 23.1 Å². The van der Waals surface area contributed by atoms with Gasteiger partial charge in [0.1, 0.15) is 6.04 Å². The van der Waals surface area contributed by atoms with E-state index in [-0.39, 0.29) is 43.0 Å². The van der Waals surface area contributed by atoms with Crippen LogP contribution in [0.2, 0.25) is 0 Å². The minimum Gasteiger partial charge on any atom is -0.370 e. The number of sulfonamides is 1. The molecular formula is C27H41N7O7S2. The summed E-state index contributed by atoms with van der Waals surface area (Å²) in [5.74, 6) is -1.27. The van der Waals surface area contributed by atoms with Gasteiger partial charge >= 0.3 is 10.3 Å². The Kier molecular flexibility index (Phi) is 12.3. The van der Waals surface area contributed by atoms with Crippen LogP contribution in [0.3, 0.4) is 0 Å². The number of guanidine groups is 1. The van der Waals surface area contributed by atoms with Gasteiger partial charge in [-0.3, -0.25) is 19.6 Å². The predicted octanol–water partition coefficient (Wildman–Crippen LogP) is 0.620. The number of nitrogens with two attached hydrogens (primary N) is 1. The third-order valence-electron chi connectivity index (χ3n) is 7.22. The number of carbonyl (C=O) groups excluding carboxylic acids is 2. The van der Waals surface area contributed by atoms with Gasteiger partial charge in [-0.25, -0.2) is 8.42 Å². The lowest BCUT2D eigenvalue weighted by atomic mass is 9.98. The van der Waals surface area contributed by atoms with E-state index in [9.17, 15) is 26.4 Å². The van der Waals surface area contributed by atoms with Crippen LogP contribution in [0, 0.1) is 11.3 Å². The number of hydrogen-bond donors (Lipinski definition) is 6. The standard InChI is InChI=1S/C27H41N7O7S2/c1-2-3-13-33(15-12-31-43(39,40)41)26(36)24(17-25(35)30-18-20-7-6-14-34(19-20)27(28)29)32-42(37,38)23-11-10-21-8-4-5-9-22(21)16-23/h4-5,8-11,16,20,24,31-32H,2-3,6-7,12-15,17-19H2,1H3,(H3,28,29)(H,30,35)(H,39,40,41)/t20-,24-/m0/s1. The first-order valence-electron chi connectivity index (χ1n) is 14.2. The number of hydrogen-bond acceptors (Lipinski definition) is 7. The third-order valence-corrected chi connectivity index (χ3v) is 9.26. The maximum Gasteiger partial charge on any atom is 0.333 e. The van der Waals surface area contributed by atoms with Gasteiger partial charge in [-0.2, -0.15) is 17.9 Å². The molecule has 2 aromatic carbocycles. The second-order valence-corrected chi connectivity index (χ2v) is 13.5. The Labute approximate surface area is 252 Å². The summed E-state index contributed by atoms with van der Waals surface area (Å²) in [6.45, 7) is 3.03. The number of carbonyl (C=O) groups is 2. The molecule has 16 heteroatoms. The van der Waals surface area contributed by atoms with Crippen molar-refractivity contribution >= 4 is 48.9 Å². The summed E-state index contributed by atoms with van der Waals surface area (Å²) >= 11 is 0. The first-order valence-corrected chi connectivity index (χ1v) is 17.1. The van der Waals surface area contributed by atoms with Gasteiger partial charge in [-0.15, -0.1) is 0 Å². The highest BCUT2D eigenvalue weighted by Gasteiger charge is 2.32. The Morgan fingerprint density at radius 1 is 1.14 bits per heavy atom. The van der Waals surface area contributed by atoms with E-state index in [0.29, 0.717) is 31.3 Å². The summed E-state index contributed by atoms with van der Waals surface area (Å²) in [6, 6.07) is 10.3. The molecule has 0 radical (unpaired) electrons. The van der Waals surface area contributed by atoms with Crippen LogP contribution < -0.4 is 20.5 Å². The van der Waals surface area contributed by atoms with Crippen molar-refractivity contribution in [2.45, 2.75) is 50.0 Å². The van der Waals surface area contributed by atoms with Gasteiger partial charge < -0.3 is 20.9 Å². The normalized spacial score (nSPS) is 16.5. The number of rotatable bonds is 15. The molecule has 1 saturated heterocycles. The number of nitrogens with zero attached hydrogens (tertiary/aromatic N) is 2. The minimum absolute atomic E-state index is 0.0256. The van der Waals surface area contributed by atoms with Crippen molar-refractivity contribution in [3.63, 3.8) is 0 Å². The number of nitrogens with one attached hydrogen (secondary N) is 4. The predicted molar refractivity (Wildman–Crippen MR) is 163 cm³/mol. The highest BCUT2D eigenvalue weighted by Crippen LogP contribution is 2.20. The molecule has 0 bridgehead atoms. The molecule has 7 N–H and O–H groups in total. The van der Waals surface area contributed by atoms with Gasteiger partial charge in [0.05, 0.1) is 11.3 Å². The van der Waals surface area contributed by atoms with Crippen LogP contribution in [-0.2, 0) is 29.9 Å². The maximum absolute atomic E-state index is 13.7. The molecule has 1 fully saturated rings. The van der Waals surface area contributed by atoms with Gasteiger partial charge in [0.2, 0.25) is 21.8 Å². The molecule has 1 aliphatic heterocycles. The van der Waals surface area contributed by atoms with Gasteiger partial charge in [0, 0.05) is 39.3 Å². The van der Waals surface area contributed by atoms with Crippen molar-refractivity contribution in [1.29, 1.82) is 5.41 Å². The van der Waals surface area contributed by atoms with Crippen LogP contribution in [0.5, 0.6) is 0 Å². The molecule has 1 heterocycles. The highest BCUT2D eigenvalue weighted by molar-refractivity contribution is 7.89. The molecular weight excluding hydrogens is 598 g/mol. The van der Waals surface area contributed by atoms with Crippen LogP contribution in [0.1, 0.15) is 39.0 Å². The average molecular weight is 640 g/mol. The topological polar surface area (TPSA) is 215 Å². The molecule has 0 saturated carbocycles. The Balaban J connectivity index is 1.81. The molecule has 0 unspecified atom stereocenters. The molecule has 43 heavy (non-hydrogen) atoms. The lowest BCUT2D eigenvalue weighted by Gasteiger charge is -2.33. The van der Waals surface area contributed by atoms with Crippen LogP contribution in [0.25, 0.3) is 10.8 Å². The molecule has 0 aromatic heterocycles. The molecule has 2 atom stereocenters. The van der Waals surface area contributed by atoms with Crippen molar-refractivity contribution in [3.8, 4) is 0 Å². The van der Waals surface area contributed by atoms with Gasteiger partial charge in [0.15, 0.2) is 5.96 Å². The molecule has 0 spiro atoms. The fourth-order valence-electron chi connectivity index (χ4n) is 4.95. The largest absolute Gasteiger partial charge is 0.370 e. The summed E-state index contributed by atoms with van der Waals surface area (Å²) in [6.07, 6.45) is 2.36. The molecule has 2 amide bonds. The third kappa shape index (κ3) is 10.7. The van der Waals surface area contributed by atoms with Gasteiger partial charge in [-0.05, 0) is 48.1 Å². The first-order chi connectivity index (χ1) is 20.3. The average Bonchev–Trinajstić information content (AvgIpc) is 2.96. The zero-order valence-electron chi connectivity index (χ0n) is 24.2. The zero-order valence-corrected chi connectivity index (χ0v) is 25.8. The van der Waals surface area contributed by atoms with E-state index in [4.69, 9.17) is 15.7 Å². The van der Waals surface area contributed by atoms with E-state index in [0.717, 1.165) is 18.2 Å². The number of fused-ring (bicyclic) bond motifs is 1. The molecule has 1 aliphatic rings. The number of amides is 2. The fourth-order valence-corrected chi connectivity index (χ4v) is 6.52. The van der Waals surface area contributed by atoms with Crippen LogP contribution in [0.15, 0.2) is 47.4 Å². The summed E-state index contributed by atoms with van der Waals surface area (Å²) in [5.41, 5.74) is 5.61. The second kappa shape index (κ2) is 15.4. The quantitative estimate of drug-likeness (QED) is 0.0914. The van der Waals surface area contributed by atoms with Crippen LogP contribution in [0.4, 0.5) is 0 Å². The summed E-state index contributed by atoms with van der Waals surface area (Å²) in [7, 11) is -8.77. The van der Waals surface area contributed by atoms with E-state index < -0.39 is 44.6 Å². The molecule has 0 aliphatic carbocycles. The lowest BCUT2D eigenvalue weighted by Crippen LogP contribution is -2.52. The lowest BCUT2D eigenvalue weighted by molar-refractivity contribution is -0.135. The summed E-state index contributed by atoms with van der Waals surface area (Å²) in [4.78, 5) is 29.7. The number of likely N-dealkylation sites (tertiary alicyclic amines) is 1. The highest BCUT2D eigenvalue weighted by atomic mass is 32.2. The molecule has 14 nitrogen and oxygen atoms in total. The van der Waals surface area contributed by atoms with Gasteiger partial charge in [0.25, 0.3) is 0 Å². The first kappa shape index (κ1) is 34.2. The molecule has 2 aromatic rings. The van der Waals surface area contributed by atoms with Crippen molar-refractivity contribution in [3.05, 3.63) is 42.5 Å². The maximum atomic E-state index is 13.7. The second-order valence-electron chi connectivity index (χ2n) is 10.6. The Morgan fingerprint density at radius 3 is 2.53 bits per heavy atom. The molecule has 3 rings (SSSR count). The van der Waals surface area contributed by atoms with Crippen LogP contribution in [-0.4, -0.2) is 94.3 Å². The van der Waals surface area contributed by atoms with E-state index in [1.807, 2.05) is 23.8 Å². The van der Waals surface area contributed by atoms with Crippen molar-refractivity contribution in [2.24, 2.45) is 11.7 Å². The van der Waals surface area contributed by atoms with E-state index in [2.05, 4.69) is 10.0 Å². The van der Waals surface area contributed by atoms with Crippen molar-refractivity contribution in [1.82, 2.24) is 24.6 Å². The summed E-state index contributed by atoms with van der Waals surface area (Å²) < 4.78 is 62.6. The Hall–Kier alpha value is -3.31. The fraction of sp³-hybridized carbons (Fsp3) is 0.519. The van der Waals surface area contributed by atoms with Crippen LogP contribution >= 0.6 is 0 Å². The monoisotopic (exact) mass is 639 g/mol. The Bertz CT molecular complexity index is 1500. The SMILES string of the molecule is CCCCN(CCNS(=O)(=O)O)C(=O)[C@H](CC(=O)NC[C@@H]1CCCN(C(=N)N)C1)NS(=O)(=O)c1ccc2ccccc2c1. The smallest absolute Gasteiger partial charge is 0.333 e. The number of piperidine rings is 1.